The first-order chi connectivity index (χ1) is 58.7. The van der Waals surface area contributed by atoms with Crippen molar-refractivity contribution < 1.29 is 0 Å². The zero-order valence-corrected chi connectivity index (χ0v) is 72.4. The number of rotatable bonds is 8. The predicted molar refractivity (Wildman–Crippen MR) is 525 cm³/mol. The molecule has 0 aliphatic carbocycles. The summed E-state index contributed by atoms with van der Waals surface area (Å²) in [4.78, 5) is 5.54. The monoisotopic (exact) mass is 1570 g/mol. The summed E-state index contributed by atoms with van der Waals surface area (Å²) in [6, 6.07) is 126. The number of aromatic nitrogens is 3. The van der Waals surface area contributed by atoms with Crippen LogP contribution in [-0.4, -0.2) is 20.1 Å². The molecule has 2 aliphatic heterocycles. The second-order valence-electron chi connectivity index (χ2n) is 40.1. The summed E-state index contributed by atoms with van der Waals surface area (Å²) in [5.41, 5.74) is 38.7. The van der Waals surface area contributed by atoms with Crippen molar-refractivity contribution in [3.8, 4) is 61.3 Å². The molecular weight excluding hydrogens is 1470 g/mol. The van der Waals surface area contributed by atoms with Crippen molar-refractivity contribution in [1.82, 2.24) is 13.4 Å². The summed E-state index contributed by atoms with van der Waals surface area (Å²) in [5, 5.41) is 12.5. The lowest BCUT2D eigenvalue weighted by Gasteiger charge is -2.46. The fraction of sp³-hybridized carbons (Fsp3) is 0.172. The van der Waals surface area contributed by atoms with Crippen LogP contribution in [0.15, 0.2) is 322 Å². The Hall–Kier alpha value is -13.4. The van der Waals surface area contributed by atoms with Crippen LogP contribution in [0.25, 0.3) is 159 Å². The van der Waals surface area contributed by atoms with E-state index in [0.717, 1.165) is 84.3 Å². The number of fused-ring (bicyclic) bond motifs is 19. The summed E-state index contributed by atoms with van der Waals surface area (Å²) in [6.45, 7) is 35.3. The number of hydrogen-bond acceptors (Lipinski definition) is 2. The van der Waals surface area contributed by atoms with Crippen molar-refractivity contribution >= 4 is 155 Å². The van der Waals surface area contributed by atoms with Gasteiger partial charge in [0.15, 0.2) is 0 Å². The van der Waals surface area contributed by atoms with Crippen LogP contribution in [0.3, 0.4) is 0 Å². The quantitative estimate of drug-likeness (QED) is 0.141. The molecule has 0 N–H and O–H groups in total. The second kappa shape index (κ2) is 26.1. The van der Waals surface area contributed by atoms with Crippen LogP contribution in [0.1, 0.15) is 132 Å². The Kier molecular flexibility index (Phi) is 15.7. The molecular formula is C116H98BN5. The number of anilines is 6. The van der Waals surface area contributed by atoms with Gasteiger partial charge in [-0.05, 0) is 208 Å². The molecule has 590 valence electrons. The second-order valence-corrected chi connectivity index (χ2v) is 40.1. The van der Waals surface area contributed by atoms with E-state index in [1.165, 1.54) is 153 Å². The molecule has 0 fully saturated rings. The largest absolute Gasteiger partial charge is 0.310 e. The van der Waals surface area contributed by atoms with E-state index in [-0.39, 0.29) is 33.8 Å². The first-order valence-corrected chi connectivity index (χ1v) is 43.7. The maximum absolute atomic E-state index is 2.79. The normalized spacial score (nSPS) is 13.5. The molecule has 5 nitrogen and oxygen atoms in total. The fourth-order valence-electron chi connectivity index (χ4n) is 21.1. The van der Waals surface area contributed by atoms with Crippen LogP contribution in [-0.2, 0) is 27.1 Å². The molecule has 7 heterocycles. The standard InChI is InChI=1S/C116H98BN5/c1-112(2,3)75-49-54-101-89(64-75)90-65-76(113(4,5)6)50-55-102(90)118(101)80-51-52-95-104(68-80)122(108-81(69-32-18-16-19-33-69)40-30-41-82(108)70-34-20-17-21-35-70)106-67-79(116(13,14)15)66-105-107(106)117(95)96-62-71(72-56-77(114(7,8)9)63-78(57-72)115(10,11)12)48-53-103(96)121(105)109-83(73-58-91-85-36-22-26-44-97(85)119-98-45-27-23-37-86(98)92(59-73)110(91)119)42-31-43-84(109)74-60-93-87-38-24-28-46-99(87)120-100-47-29-25-39-88(100)94(61-74)111(93)120/h16-68H,1-15H3. The van der Waals surface area contributed by atoms with Crippen molar-refractivity contribution in [3.63, 3.8) is 0 Å². The molecule has 0 bridgehead atoms. The average molecular weight is 1570 g/mol. The molecule has 6 heteroatoms. The van der Waals surface area contributed by atoms with Gasteiger partial charge in [-0.1, -0.05) is 322 Å². The third-order valence-corrected chi connectivity index (χ3v) is 27.4. The van der Waals surface area contributed by atoms with Crippen LogP contribution >= 0.6 is 0 Å². The SMILES string of the molecule is CC(C)(C)c1cc(-c2ccc3c(c2)B2c4ccc(-n5c6ccc(C(C)(C)C)cc6c6cc(C(C)(C)C)ccc65)cc4N(c4c(-c5ccccc5)cccc4-c4ccccc4)c4cc(C(C)(C)C)cc(c42)N3c2c(-c3cc4c5ccccc5n5c6ccccc6c(c3)c45)cccc2-c2cc3c4ccccc4n4c5ccccc5c(c2)c34)cc(C(C)(C)C)c1. The first-order valence-electron chi connectivity index (χ1n) is 43.7. The summed E-state index contributed by atoms with van der Waals surface area (Å²) in [7, 11) is 0. The molecule has 0 atom stereocenters. The Morgan fingerprint density at radius 1 is 0.213 bits per heavy atom. The first kappa shape index (κ1) is 73.7. The smallest absolute Gasteiger partial charge is 0.252 e. The minimum Gasteiger partial charge on any atom is -0.310 e. The van der Waals surface area contributed by atoms with E-state index in [1.807, 2.05) is 0 Å². The minimum atomic E-state index is -0.370. The van der Waals surface area contributed by atoms with E-state index in [9.17, 15) is 0 Å². The highest BCUT2D eigenvalue weighted by molar-refractivity contribution is 7.00. The highest BCUT2D eigenvalue weighted by Crippen LogP contribution is 2.57. The molecule has 16 aromatic carbocycles. The molecule has 0 saturated heterocycles. The lowest BCUT2D eigenvalue weighted by Crippen LogP contribution is -2.61. The maximum atomic E-state index is 2.79. The van der Waals surface area contributed by atoms with Crippen LogP contribution < -0.4 is 26.2 Å². The van der Waals surface area contributed by atoms with Crippen molar-refractivity contribution in [2.75, 3.05) is 9.80 Å². The van der Waals surface area contributed by atoms with E-state index in [2.05, 4.69) is 449 Å². The number of hydrogen-bond donors (Lipinski definition) is 0. The van der Waals surface area contributed by atoms with Crippen LogP contribution in [0.2, 0.25) is 0 Å². The minimum absolute atomic E-state index is 0.0725. The molecule has 5 aromatic heterocycles. The van der Waals surface area contributed by atoms with Gasteiger partial charge in [-0.2, -0.15) is 0 Å². The Morgan fingerprint density at radius 2 is 0.590 bits per heavy atom. The molecule has 0 spiro atoms. The molecule has 2 aliphatic rings. The summed E-state index contributed by atoms with van der Waals surface area (Å²) in [5.74, 6) is 0. The van der Waals surface area contributed by atoms with Crippen molar-refractivity contribution in [1.29, 1.82) is 0 Å². The van der Waals surface area contributed by atoms with Gasteiger partial charge in [0, 0.05) is 105 Å². The number of benzene rings is 16. The molecule has 0 radical (unpaired) electrons. The third kappa shape index (κ3) is 11.0. The number of para-hydroxylation sites is 6. The zero-order chi connectivity index (χ0) is 83.3. The van der Waals surface area contributed by atoms with Crippen molar-refractivity contribution in [2.24, 2.45) is 0 Å². The van der Waals surface area contributed by atoms with Crippen LogP contribution in [0, 0.1) is 0 Å². The van der Waals surface area contributed by atoms with Crippen molar-refractivity contribution in [3.05, 3.63) is 349 Å². The van der Waals surface area contributed by atoms with E-state index >= 15 is 0 Å². The van der Waals surface area contributed by atoms with Gasteiger partial charge < -0.3 is 23.2 Å². The van der Waals surface area contributed by atoms with E-state index in [0.29, 0.717) is 0 Å². The third-order valence-electron chi connectivity index (χ3n) is 27.4. The predicted octanol–water partition coefficient (Wildman–Crippen LogP) is 30.0. The van der Waals surface area contributed by atoms with Crippen LogP contribution in [0.5, 0.6) is 0 Å². The van der Waals surface area contributed by atoms with Gasteiger partial charge >= 0.3 is 0 Å². The topological polar surface area (TPSA) is 20.2 Å². The summed E-state index contributed by atoms with van der Waals surface area (Å²) < 4.78 is 7.62. The molecule has 0 amide bonds. The van der Waals surface area contributed by atoms with Gasteiger partial charge in [0.05, 0.1) is 55.5 Å². The fourth-order valence-corrected chi connectivity index (χ4v) is 21.1. The Labute approximate surface area is 715 Å². The van der Waals surface area contributed by atoms with Gasteiger partial charge in [0.1, 0.15) is 0 Å². The van der Waals surface area contributed by atoms with Crippen molar-refractivity contribution in [2.45, 2.75) is 131 Å². The highest BCUT2D eigenvalue weighted by atomic mass is 15.2. The Balaban J connectivity index is 0.895. The lowest BCUT2D eigenvalue weighted by atomic mass is 9.33. The molecule has 21 aromatic rings. The van der Waals surface area contributed by atoms with E-state index in [4.69, 9.17) is 0 Å². The van der Waals surface area contributed by atoms with Gasteiger partial charge in [0.2, 0.25) is 0 Å². The Morgan fingerprint density at radius 3 is 1.00 bits per heavy atom. The summed E-state index contributed by atoms with van der Waals surface area (Å²) >= 11 is 0. The van der Waals surface area contributed by atoms with Gasteiger partial charge in [-0.3, -0.25) is 0 Å². The van der Waals surface area contributed by atoms with Gasteiger partial charge in [-0.25, -0.2) is 0 Å². The zero-order valence-electron chi connectivity index (χ0n) is 72.4. The number of nitrogens with zero attached hydrogens (tertiary/aromatic N) is 5. The Bertz CT molecular complexity index is 7440. The average Bonchev–Trinajstić information content (AvgIpc) is 0.767. The lowest BCUT2D eigenvalue weighted by molar-refractivity contribution is 0.569. The van der Waals surface area contributed by atoms with Crippen LogP contribution in [0.4, 0.5) is 34.1 Å². The summed E-state index contributed by atoms with van der Waals surface area (Å²) in [6.07, 6.45) is 0. The molecule has 23 rings (SSSR count). The molecule has 0 saturated carbocycles. The van der Waals surface area contributed by atoms with Gasteiger partial charge in [-0.15, -0.1) is 0 Å². The molecule has 0 unspecified atom stereocenters. The van der Waals surface area contributed by atoms with E-state index < -0.39 is 0 Å². The molecule has 122 heavy (non-hydrogen) atoms. The van der Waals surface area contributed by atoms with Gasteiger partial charge in [0.25, 0.3) is 6.71 Å². The van der Waals surface area contributed by atoms with E-state index in [1.54, 1.807) is 0 Å². The highest BCUT2D eigenvalue weighted by Gasteiger charge is 2.47. The maximum Gasteiger partial charge on any atom is 0.252 e.